The first-order chi connectivity index (χ1) is 8.67. The quantitative estimate of drug-likeness (QED) is 0.925. The summed E-state index contributed by atoms with van der Waals surface area (Å²) in [6.07, 6.45) is 0.946. The summed E-state index contributed by atoms with van der Waals surface area (Å²) in [6.45, 7) is 4.71. The Morgan fingerprint density at radius 1 is 1.33 bits per heavy atom. The van der Waals surface area contributed by atoms with Crippen LogP contribution in [0.25, 0.3) is 11.4 Å². The summed E-state index contributed by atoms with van der Waals surface area (Å²) in [6, 6.07) is 5.83. The van der Waals surface area contributed by atoms with Crippen molar-refractivity contribution in [1.29, 1.82) is 0 Å². The van der Waals surface area contributed by atoms with Crippen molar-refractivity contribution >= 4 is 11.6 Å². The molecule has 0 saturated carbocycles. The molecule has 4 nitrogen and oxygen atoms in total. The van der Waals surface area contributed by atoms with Crippen molar-refractivity contribution < 1.29 is 5.11 Å². The highest BCUT2D eigenvalue weighted by atomic mass is 35.5. The molecule has 0 bridgehead atoms. The summed E-state index contributed by atoms with van der Waals surface area (Å²) in [5, 5.41) is 18.1. The van der Waals surface area contributed by atoms with Gasteiger partial charge in [-0.2, -0.15) is 0 Å². The van der Waals surface area contributed by atoms with E-state index in [-0.39, 0.29) is 6.61 Å². The molecule has 0 spiro atoms. The summed E-state index contributed by atoms with van der Waals surface area (Å²) < 4.78 is 1.91. The first-order valence-corrected chi connectivity index (χ1v) is 6.34. The molecule has 0 aliphatic rings. The van der Waals surface area contributed by atoms with Crippen LogP contribution in [0.3, 0.4) is 0 Å². The van der Waals surface area contributed by atoms with Crippen molar-refractivity contribution in [3.63, 3.8) is 0 Å². The van der Waals surface area contributed by atoms with Crippen LogP contribution in [0.4, 0.5) is 0 Å². The zero-order chi connectivity index (χ0) is 13.1. The van der Waals surface area contributed by atoms with Gasteiger partial charge in [-0.3, -0.25) is 0 Å². The first kappa shape index (κ1) is 13.1. The van der Waals surface area contributed by atoms with E-state index in [1.165, 1.54) is 0 Å². The van der Waals surface area contributed by atoms with Gasteiger partial charge in [-0.05, 0) is 31.0 Å². The van der Waals surface area contributed by atoms with Crippen LogP contribution in [0.1, 0.15) is 24.7 Å². The maximum absolute atomic E-state index is 9.26. The molecule has 2 rings (SSSR count). The second-order valence-corrected chi connectivity index (χ2v) is 4.64. The van der Waals surface area contributed by atoms with Gasteiger partial charge in [0.15, 0.2) is 11.6 Å². The van der Waals surface area contributed by atoms with Crippen LogP contribution < -0.4 is 0 Å². The van der Waals surface area contributed by atoms with Crippen molar-refractivity contribution in [2.75, 3.05) is 0 Å². The molecule has 1 heterocycles. The first-order valence-electron chi connectivity index (χ1n) is 5.96. The number of hydrogen-bond donors (Lipinski definition) is 1. The molecule has 0 unspecified atom stereocenters. The van der Waals surface area contributed by atoms with Gasteiger partial charge in [-0.1, -0.05) is 24.6 Å². The highest BCUT2D eigenvalue weighted by Gasteiger charge is 2.14. The summed E-state index contributed by atoms with van der Waals surface area (Å²) in [5.74, 6) is 1.29. The second-order valence-electron chi connectivity index (χ2n) is 4.23. The molecule has 0 saturated heterocycles. The maximum atomic E-state index is 9.26. The number of benzene rings is 1. The minimum atomic E-state index is -0.115. The standard InChI is InChI=1S/C13H16ClN3O/c1-3-6-17-12(8-18)15-16-13(17)10-5-4-9(2)7-11(10)14/h4-5,7,18H,3,6,8H2,1-2H3. The third kappa shape index (κ3) is 2.40. The fraction of sp³-hybridized carbons (Fsp3) is 0.385. The van der Waals surface area contributed by atoms with E-state index in [2.05, 4.69) is 17.1 Å². The highest BCUT2D eigenvalue weighted by molar-refractivity contribution is 6.33. The monoisotopic (exact) mass is 265 g/mol. The molecule has 18 heavy (non-hydrogen) atoms. The third-order valence-corrected chi connectivity index (χ3v) is 3.09. The molecule has 0 atom stereocenters. The Hall–Kier alpha value is -1.39. The highest BCUT2D eigenvalue weighted by Crippen LogP contribution is 2.28. The van der Waals surface area contributed by atoms with Crippen molar-refractivity contribution in [1.82, 2.24) is 14.8 Å². The lowest BCUT2D eigenvalue weighted by molar-refractivity contribution is 0.264. The van der Waals surface area contributed by atoms with Gasteiger partial charge in [0.2, 0.25) is 0 Å². The van der Waals surface area contributed by atoms with Gasteiger partial charge in [0.25, 0.3) is 0 Å². The Morgan fingerprint density at radius 3 is 2.72 bits per heavy atom. The Bertz CT molecular complexity index is 551. The lowest BCUT2D eigenvalue weighted by Crippen LogP contribution is -2.05. The Balaban J connectivity index is 2.52. The Kier molecular flexibility index (Phi) is 3.99. The number of rotatable bonds is 4. The molecule has 0 radical (unpaired) electrons. The normalized spacial score (nSPS) is 10.9. The molecule has 0 fully saturated rings. The zero-order valence-electron chi connectivity index (χ0n) is 10.5. The van der Waals surface area contributed by atoms with Crippen molar-refractivity contribution in [3.05, 3.63) is 34.6 Å². The van der Waals surface area contributed by atoms with E-state index in [4.69, 9.17) is 11.6 Å². The van der Waals surface area contributed by atoms with Gasteiger partial charge >= 0.3 is 0 Å². The number of hydrogen-bond acceptors (Lipinski definition) is 3. The van der Waals surface area contributed by atoms with Crippen LogP contribution in [0, 0.1) is 6.92 Å². The number of aromatic nitrogens is 3. The van der Waals surface area contributed by atoms with Gasteiger partial charge < -0.3 is 9.67 Å². The van der Waals surface area contributed by atoms with E-state index in [0.29, 0.717) is 16.7 Å². The molecule has 5 heteroatoms. The second kappa shape index (κ2) is 5.50. The smallest absolute Gasteiger partial charge is 0.165 e. The summed E-state index contributed by atoms with van der Waals surface area (Å²) in [7, 11) is 0. The summed E-state index contributed by atoms with van der Waals surface area (Å²) in [5.41, 5.74) is 1.95. The molecule has 1 N–H and O–H groups in total. The number of halogens is 1. The van der Waals surface area contributed by atoms with Crippen LogP contribution in [0.5, 0.6) is 0 Å². The molecular weight excluding hydrogens is 250 g/mol. The Morgan fingerprint density at radius 2 is 2.11 bits per heavy atom. The van der Waals surface area contributed by atoms with Crippen LogP contribution in [-0.2, 0) is 13.2 Å². The number of aliphatic hydroxyl groups is 1. The average molecular weight is 266 g/mol. The van der Waals surface area contributed by atoms with E-state index in [0.717, 1.165) is 24.1 Å². The fourth-order valence-corrected chi connectivity index (χ4v) is 2.23. The van der Waals surface area contributed by atoms with Gasteiger partial charge in [-0.15, -0.1) is 10.2 Å². The molecule has 1 aromatic heterocycles. The minimum Gasteiger partial charge on any atom is -0.388 e. The van der Waals surface area contributed by atoms with E-state index in [1.807, 2.05) is 29.7 Å². The van der Waals surface area contributed by atoms with Gasteiger partial charge in [0.05, 0.1) is 5.02 Å². The van der Waals surface area contributed by atoms with E-state index >= 15 is 0 Å². The molecule has 1 aromatic carbocycles. The van der Waals surface area contributed by atoms with Crippen molar-refractivity contribution in [3.8, 4) is 11.4 Å². The molecule has 0 aliphatic heterocycles. The van der Waals surface area contributed by atoms with Crippen molar-refractivity contribution in [2.45, 2.75) is 33.4 Å². The zero-order valence-corrected chi connectivity index (χ0v) is 11.3. The molecule has 0 aliphatic carbocycles. The van der Waals surface area contributed by atoms with E-state index < -0.39 is 0 Å². The lowest BCUT2D eigenvalue weighted by atomic mass is 10.1. The third-order valence-electron chi connectivity index (χ3n) is 2.78. The predicted octanol–water partition coefficient (Wildman–Crippen LogP) is 2.81. The lowest BCUT2D eigenvalue weighted by Gasteiger charge is -2.09. The van der Waals surface area contributed by atoms with Gasteiger partial charge in [0.1, 0.15) is 6.61 Å². The fourth-order valence-electron chi connectivity index (χ4n) is 1.91. The van der Waals surface area contributed by atoms with Gasteiger partial charge in [-0.25, -0.2) is 0 Å². The molecular formula is C13H16ClN3O. The van der Waals surface area contributed by atoms with Crippen LogP contribution in [-0.4, -0.2) is 19.9 Å². The minimum absolute atomic E-state index is 0.115. The SMILES string of the molecule is CCCn1c(CO)nnc1-c1ccc(C)cc1Cl. The van der Waals surface area contributed by atoms with Crippen LogP contribution in [0.15, 0.2) is 18.2 Å². The van der Waals surface area contributed by atoms with Crippen molar-refractivity contribution in [2.24, 2.45) is 0 Å². The molecule has 2 aromatic rings. The largest absolute Gasteiger partial charge is 0.388 e. The summed E-state index contributed by atoms with van der Waals surface area (Å²) >= 11 is 6.25. The van der Waals surface area contributed by atoms with Crippen LogP contribution in [0.2, 0.25) is 5.02 Å². The summed E-state index contributed by atoms with van der Waals surface area (Å²) in [4.78, 5) is 0. The average Bonchev–Trinajstić information content (AvgIpc) is 2.73. The molecule has 0 amide bonds. The predicted molar refractivity (Wildman–Crippen MR) is 71.4 cm³/mol. The maximum Gasteiger partial charge on any atom is 0.165 e. The number of aryl methyl sites for hydroxylation is 1. The van der Waals surface area contributed by atoms with E-state index in [1.54, 1.807) is 0 Å². The van der Waals surface area contributed by atoms with Gasteiger partial charge in [0, 0.05) is 12.1 Å². The number of aliphatic hydroxyl groups excluding tert-OH is 1. The van der Waals surface area contributed by atoms with E-state index in [9.17, 15) is 5.11 Å². The molecule has 96 valence electrons. The number of nitrogens with zero attached hydrogens (tertiary/aromatic N) is 3. The topological polar surface area (TPSA) is 50.9 Å². The van der Waals surface area contributed by atoms with Crippen LogP contribution >= 0.6 is 11.6 Å². The Labute approximate surface area is 111 Å².